The van der Waals surface area contributed by atoms with Gasteiger partial charge in [0.15, 0.2) is 0 Å². The summed E-state index contributed by atoms with van der Waals surface area (Å²) in [5, 5.41) is 8.79. The van der Waals surface area contributed by atoms with Crippen LogP contribution in [0.5, 0.6) is 0 Å². The van der Waals surface area contributed by atoms with Gasteiger partial charge in [-0.15, -0.1) is 0 Å². The fourth-order valence-electron chi connectivity index (χ4n) is 2.80. The van der Waals surface area contributed by atoms with Crippen molar-refractivity contribution in [3.63, 3.8) is 0 Å². The zero-order valence-corrected chi connectivity index (χ0v) is 11.2. The second-order valence-electron chi connectivity index (χ2n) is 5.46. The number of halogens is 1. The summed E-state index contributed by atoms with van der Waals surface area (Å²) in [6, 6.07) is 4.13. The van der Waals surface area contributed by atoms with Gasteiger partial charge < -0.3 is 10.0 Å². The molecule has 4 heteroatoms. The number of carboxylic acids is 1. The number of aromatic carboxylic acids is 1. The molecule has 0 heterocycles. The van der Waals surface area contributed by atoms with Gasteiger partial charge in [0, 0.05) is 18.7 Å². The predicted molar refractivity (Wildman–Crippen MR) is 71.7 cm³/mol. The molecule has 0 bridgehead atoms. The van der Waals surface area contributed by atoms with Gasteiger partial charge in [-0.2, -0.15) is 0 Å². The minimum Gasteiger partial charge on any atom is -0.478 e. The van der Waals surface area contributed by atoms with Gasteiger partial charge in [-0.1, -0.05) is 18.9 Å². The van der Waals surface area contributed by atoms with Crippen molar-refractivity contribution in [2.24, 2.45) is 5.92 Å². The molecule has 3 nitrogen and oxygen atoms in total. The van der Waals surface area contributed by atoms with Crippen molar-refractivity contribution in [1.82, 2.24) is 4.90 Å². The van der Waals surface area contributed by atoms with Crippen LogP contribution in [0.4, 0.5) is 4.39 Å². The van der Waals surface area contributed by atoms with Gasteiger partial charge in [0.1, 0.15) is 5.82 Å². The van der Waals surface area contributed by atoms with Crippen LogP contribution in [0.1, 0.15) is 41.6 Å². The number of carbonyl (C=O) groups is 1. The molecule has 2 rings (SSSR count). The second-order valence-corrected chi connectivity index (χ2v) is 5.46. The molecule has 0 aliphatic heterocycles. The SMILES string of the molecule is CN(Cc1ccc(C(=O)O)cc1F)CC1CCCC1. The average molecular weight is 265 g/mol. The van der Waals surface area contributed by atoms with Crippen LogP contribution >= 0.6 is 0 Å². The standard InChI is InChI=1S/C15H20FNO2/c1-17(9-11-4-2-3-5-11)10-13-7-6-12(15(18)19)8-14(13)16/h6-8,11H,2-5,9-10H2,1H3,(H,18,19). The first-order chi connectivity index (χ1) is 9.06. The van der Waals surface area contributed by atoms with Gasteiger partial charge >= 0.3 is 5.97 Å². The monoisotopic (exact) mass is 265 g/mol. The summed E-state index contributed by atoms with van der Waals surface area (Å²) in [6.07, 6.45) is 5.15. The molecule has 1 aromatic carbocycles. The van der Waals surface area contributed by atoms with Gasteiger partial charge in [0.2, 0.25) is 0 Å². The van der Waals surface area contributed by atoms with Crippen LogP contribution in [-0.4, -0.2) is 29.6 Å². The molecule has 0 atom stereocenters. The maximum atomic E-state index is 13.8. The summed E-state index contributed by atoms with van der Waals surface area (Å²) in [4.78, 5) is 12.9. The highest BCUT2D eigenvalue weighted by atomic mass is 19.1. The number of benzene rings is 1. The van der Waals surface area contributed by atoms with Crippen LogP contribution in [0, 0.1) is 11.7 Å². The van der Waals surface area contributed by atoms with Crippen LogP contribution in [-0.2, 0) is 6.54 Å². The lowest BCUT2D eigenvalue weighted by Crippen LogP contribution is -2.24. The third kappa shape index (κ3) is 3.77. The Hall–Kier alpha value is -1.42. The maximum Gasteiger partial charge on any atom is 0.335 e. The van der Waals surface area contributed by atoms with E-state index in [1.54, 1.807) is 6.07 Å². The van der Waals surface area contributed by atoms with Crippen LogP contribution in [0.15, 0.2) is 18.2 Å². The number of nitrogens with zero attached hydrogens (tertiary/aromatic N) is 1. The molecule has 1 aliphatic carbocycles. The van der Waals surface area contributed by atoms with E-state index in [2.05, 4.69) is 4.90 Å². The minimum atomic E-state index is -1.09. The first-order valence-corrected chi connectivity index (χ1v) is 6.76. The topological polar surface area (TPSA) is 40.5 Å². The first-order valence-electron chi connectivity index (χ1n) is 6.76. The first kappa shape index (κ1) is 14.0. The van der Waals surface area contributed by atoms with E-state index < -0.39 is 11.8 Å². The maximum absolute atomic E-state index is 13.8. The number of hydrogen-bond acceptors (Lipinski definition) is 2. The molecule has 1 aliphatic rings. The molecule has 19 heavy (non-hydrogen) atoms. The molecule has 1 fully saturated rings. The fraction of sp³-hybridized carbons (Fsp3) is 0.533. The lowest BCUT2D eigenvalue weighted by Gasteiger charge is -2.21. The van der Waals surface area contributed by atoms with E-state index in [-0.39, 0.29) is 5.56 Å². The van der Waals surface area contributed by atoms with Crippen molar-refractivity contribution in [3.8, 4) is 0 Å². The van der Waals surface area contributed by atoms with Crippen LogP contribution < -0.4 is 0 Å². The molecule has 0 amide bonds. The fourth-order valence-corrected chi connectivity index (χ4v) is 2.80. The van der Waals surface area contributed by atoms with Gasteiger partial charge in [0.05, 0.1) is 5.56 Å². The Morgan fingerprint density at radius 2 is 2.11 bits per heavy atom. The summed E-state index contributed by atoms with van der Waals surface area (Å²) in [5.41, 5.74) is 0.560. The number of carboxylic acid groups (broad SMARTS) is 1. The number of hydrogen-bond donors (Lipinski definition) is 1. The summed E-state index contributed by atoms with van der Waals surface area (Å²) < 4.78 is 13.8. The smallest absolute Gasteiger partial charge is 0.335 e. The zero-order valence-electron chi connectivity index (χ0n) is 11.2. The molecule has 0 unspecified atom stereocenters. The lowest BCUT2D eigenvalue weighted by atomic mass is 10.1. The minimum absolute atomic E-state index is 0.000282. The third-order valence-electron chi connectivity index (χ3n) is 3.78. The Balaban J connectivity index is 1.96. The molecule has 0 saturated heterocycles. The van der Waals surface area contributed by atoms with E-state index in [0.29, 0.717) is 12.1 Å². The quantitative estimate of drug-likeness (QED) is 0.889. The van der Waals surface area contributed by atoms with E-state index in [4.69, 9.17) is 5.11 Å². The van der Waals surface area contributed by atoms with E-state index >= 15 is 0 Å². The zero-order chi connectivity index (χ0) is 13.8. The van der Waals surface area contributed by atoms with E-state index in [0.717, 1.165) is 18.5 Å². The highest BCUT2D eigenvalue weighted by Gasteiger charge is 2.17. The Labute approximate surface area is 113 Å². The molecule has 0 spiro atoms. The summed E-state index contributed by atoms with van der Waals surface area (Å²) in [7, 11) is 1.99. The van der Waals surface area contributed by atoms with Crippen molar-refractivity contribution in [2.45, 2.75) is 32.2 Å². The molecule has 1 N–H and O–H groups in total. The van der Waals surface area contributed by atoms with E-state index in [1.807, 2.05) is 7.05 Å². The average Bonchev–Trinajstić information content (AvgIpc) is 2.84. The third-order valence-corrected chi connectivity index (χ3v) is 3.78. The molecule has 1 saturated carbocycles. The molecule has 104 valence electrons. The van der Waals surface area contributed by atoms with Gasteiger partial charge in [-0.05, 0) is 37.9 Å². The van der Waals surface area contributed by atoms with Crippen molar-refractivity contribution < 1.29 is 14.3 Å². The molecular formula is C15H20FNO2. The highest BCUT2D eigenvalue weighted by Crippen LogP contribution is 2.25. The van der Waals surface area contributed by atoms with Gasteiger partial charge in [-0.3, -0.25) is 0 Å². The van der Waals surface area contributed by atoms with E-state index in [1.165, 1.54) is 31.7 Å². The Morgan fingerprint density at radius 1 is 1.42 bits per heavy atom. The summed E-state index contributed by atoms with van der Waals surface area (Å²) >= 11 is 0. The lowest BCUT2D eigenvalue weighted by molar-refractivity contribution is 0.0696. The van der Waals surface area contributed by atoms with Crippen LogP contribution in [0.25, 0.3) is 0 Å². The van der Waals surface area contributed by atoms with Crippen molar-refractivity contribution in [2.75, 3.05) is 13.6 Å². The van der Waals surface area contributed by atoms with Crippen molar-refractivity contribution >= 4 is 5.97 Å². The Bertz CT molecular complexity index is 455. The molecule has 0 radical (unpaired) electrons. The molecule has 1 aromatic rings. The second kappa shape index (κ2) is 6.15. The summed E-state index contributed by atoms with van der Waals surface area (Å²) in [6.45, 7) is 1.52. The normalized spacial score (nSPS) is 16.2. The van der Waals surface area contributed by atoms with Crippen molar-refractivity contribution in [3.05, 3.63) is 35.1 Å². The van der Waals surface area contributed by atoms with Gasteiger partial charge in [0.25, 0.3) is 0 Å². The number of rotatable bonds is 5. The van der Waals surface area contributed by atoms with Crippen LogP contribution in [0.2, 0.25) is 0 Å². The highest BCUT2D eigenvalue weighted by molar-refractivity contribution is 5.87. The van der Waals surface area contributed by atoms with Crippen LogP contribution in [0.3, 0.4) is 0 Å². The molecular weight excluding hydrogens is 245 g/mol. The Kier molecular flexibility index (Phi) is 4.53. The predicted octanol–water partition coefficient (Wildman–Crippen LogP) is 3.15. The van der Waals surface area contributed by atoms with Gasteiger partial charge in [-0.25, -0.2) is 9.18 Å². The summed E-state index contributed by atoms with van der Waals surface area (Å²) in [5.74, 6) is -0.797. The Morgan fingerprint density at radius 3 is 2.68 bits per heavy atom. The molecule has 0 aromatic heterocycles. The van der Waals surface area contributed by atoms with Crippen molar-refractivity contribution in [1.29, 1.82) is 0 Å². The van der Waals surface area contributed by atoms with E-state index in [9.17, 15) is 9.18 Å². The largest absolute Gasteiger partial charge is 0.478 e.